The van der Waals surface area contributed by atoms with Gasteiger partial charge in [0.25, 0.3) is 5.69 Å². The van der Waals surface area contributed by atoms with Gasteiger partial charge in [0.05, 0.1) is 29.3 Å². The van der Waals surface area contributed by atoms with Crippen molar-refractivity contribution in [2.45, 2.75) is 0 Å². The van der Waals surface area contributed by atoms with Crippen molar-refractivity contribution in [3.05, 3.63) is 69.9 Å². The number of nitrogens with one attached hydrogen (secondary N) is 2. The van der Waals surface area contributed by atoms with Crippen LogP contribution in [0.4, 0.5) is 34.9 Å². The minimum absolute atomic E-state index is 0.0117. The van der Waals surface area contributed by atoms with E-state index in [4.69, 9.17) is 38.5 Å². The van der Waals surface area contributed by atoms with Crippen molar-refractivity contribution in [3.63, 3.8) is 0 Å². The number of aromatic nitrogens is 4. The van der Waals surface area contributed by atoms with Crippen molar-refractivity contribution in [2.75, 3.05) is 72.9 Å². The zero-order valence-electron chi connectivity index (χ0n) is 22.4. The molecule has 0 atom stereocenters. The summed E-state index contributed by atoms with van der Waals surface area (Å²) < 4.78 is 5.50. The van der Waals surface area contributed by atoms with Crippen LogP contribution in [-0.2, 0) is 4.74 Å². The summed E-state index contributed by atoms with van der Waals surface area (Å²) in [5, 5.41) is 19.8. The van der Waals surface area contributed by atoms with Gasteiger partial charge in [0.2, 0.25) is 17.8 Å². The zero-order valence-corrected chi connectivity index (χ0v) is 24.0. The molecule has 2 aliphatic rings. The number of benzene rings is 2. The van der Waals surface area contributed by atoms with Crippen LogP contribution in [0.15, 0.2) is 54.7 Å². The van der Waals surface area contributed by atoms with Crippen molar-refractivity contribution in [1.82, 2.24) is 24.8 Å². The molecule has 0 amide bonds. The first-order valence-electron chi connectivity index (χ1n) is 13.4. The van der Waals surface area contributed by atoms with E-state index in [1.54, 1.807) is 18.3 Å². The Bertz CT molecular complexity index is 1610. The molecule has 2 aromatic heterocycles. The lowest BCUT2D eigenvalue weighted by Crippen LogP contribution is -2.50. The Morgan fingerprint density at radius 2 is 1.62 bits per heavy atom. The van der Waals surface area contributed by atoms with E-state index in [0.717, 1.165) is 16.6 Å². The molecule has 0 spiro atoms. The number of pyridine rings is 1. The van der Waals surface area contributed by atoms with Gasteiger partial charge in [-0.15, -0.1) is 0 Å². The number of nitrogens with zero attached hydrogens (tertiary/aromatic N) is 8. The summed E-state index contributed by atoms with van der Waals surface area (Å²) in [7, 11) is 0. The Morgan fingerprint density at radius 3 is 2.31 bits per heavy atom. The number of nitro groups is 1. The summed E-state index contributed by atoms with van der Waals surface area (Å²) in [4.78, 5) is 35.4. The third-order valence-electron chi connectivity index (χ3n) is 7.04. The summed E-state index contributed by atoms with van der Waals surface area (Å²) in [5.41, 5.74) is 2.32. The van der Waals surface area contributed by atoms with Crippen molar-refractivity contribution >= 4 is 74.7 Å². The van der Waals surface area contributed by atoms with Crippen LogP contribution in [0.25, 0.3) is 10.9 Å². The van der Waals surface area contributed by atoms with Gasteiger partial charge in [0.15, 0.2) is 5.11 Å². The molecule has 42 heavy (non-hydrogen) atoms. The number of hydrogen-bond acceptors (Lipinski definition) is 11. The molecule has 6 rings (SSSR count). The average molecular weight is 607 g/mol. The van der Waals surface area contributed by atoms with Gasteiger partial charge in [-0.2, -0.15) is 15.0 Å². The molecule has 4 heterocycles. The smallest absolute Gasteiger partial charge is 0.269 e. The van der Waals surface area contributed by atoms with Gasteiger partial charge < -0.3 is 30.1 Å². The highest BCUT2D eigenvalue weighted by Gasteiger charge is 2.24. The van der Waals surface area contributed by atoms with E-state index in [1.165, 1.54) is 12.1 Å². The summed E-state index contributed by atoms with van der Waals surface area (Å²) in [6, 6.07) is 13.6. The van der Waals surface area contributed by atoms with Crippen molar-refractivity contribution in [3.8, 4) is 0 Å². The van der Waals surface area contributed by atoms with Crippen LogP contribution in [-0.4, -0.2) is 87.4 Å². The highest BCUT2D eigenvalue weighted by molar-refractivity contribution is 7.80. The number of nitro benzene ring substituents is 1. The fraction of sp³-hybridized carbons (Fsp3) is 0.296. The van der Waals surface area contributed by atoms with Gasteiger partial charge in [-0.05, 0) is 48.6 Å². The first-order valence-corrected chi connectivity index (χ1v) is 14.2. The second-order valence-electron chi connectivity index (χ2n) is 9.71. The van der Waals surface area contributed by atoms with Crippen LogP contribution in [0.5, 0.6) is 0 Å². The minimum atomic E-state index is -0.433. The molecule has 2 aliphatic heterocycles. The number of fused-ring (bicyclic) bond motifs is 1. The Kier molecular flexibility index (Phi) is 8.08. The number of piperazine rings is 1. The highest BCUT2D eigenvalue weighted by atomic mass is 35.5. The van der Waals surface area contributed by atoms with E-state index in [2.05, 4.69) is 35.3 Å². The normalized spacial score (nSPS) is 15.5. The van der Waals surface area contributed by atoms with Gasteiger partial charge in [0.1, 0.15) is 0 Å². The number of morpholine rings is 1. The monoisotopic (exact) mass is 606 g/mol. The van der Waals surface area contributed by atoms with E-state index in [9.17, 15) is 10.1 Å². The van der Waals surface area contributed by atoms with Crippen LogP contribution < -0.4 is 20.4 Å². The number of halogens is 1. The van der Waals surface area contributed by atoms with Crippen LogP contribution >= 0.6 is 23.8 Å². The molecule has 2 fully saturated rings. The average Bonchev–Trinajstić information content (AvgIpc) is 3.01. The number of anilines is 5. The predicted octanol–water partition coefficient (Wildman–Crippen LogP) is 4.08. The molecule has 13 nitrogen and oxygen atoms in total. The summed E-state index contributed by atoms with van der Waals surface area (Å²) in [6.07, 6.45) is 1.73. The molecule has 2 saturated heterocycles. The molecule has 0 aliphatic carbocycles. The molecule has 15 heteroatoms. The lowest BCUT2D eigenvalue weighted by atomic mass is 10.2. The molecule has 0 unspecified atom stereocenters. The zero-order chi connectivity index (χ0) is 29.1. The highest BCUT2D eigenvalue weighted by Crippen LogP contribution is 2.26. The number of hydrogen-bond donors (Lipinski definition) is 2. The van der Waals surface area contributed by atoms with Crippen LogP contribution in [0, 0.1) is 10.1 Å². The minimum Gasteiger partial charge on any atom is -0.378 e. The molecule has 0 bridgehead atoms. The third kappa shape index (κ3) is 6.25. The van der Waals surface area contributed by atoms with Gasteiger partial charge in [-0.25, -0.2) is 0 Å². The van der Waals surface area contributed by atoms with Crippen LogP contribution in [0.2, 0.25) is 5.02 Å². The maximum absolute atomic E-state index is 11.0. The molecular formula is C27H27ClN10O3S. The molecule has 0 saturated carbocycles. The Morgan fingerprint density at radius 1 is 0.929 bits per heavy atom. The first kappa shape index (κ1) is 27.8. The fourth-order valence-corrected chi connectivity index (χ4v) is 5.24. The third-order valence-corrected chi connectivity index (χ3v) is 7.63. The van der Waals surface area contributed by atoms with Crippen molar-refractivity contribution in [1.29, 1.82) is 0 Å². The lowest BCUT2D eigenvalue weighted by Gasteiger charge is -2.36. The largest absolute Gasteiger partial charge is 0.378 e. The van der Waals surface area contributed by atoms with Crippen molar-refractivity contribution in [2.24, 2.45) is 0 Å². The second-order valence-corrected chi connectivity index (χ2v) is 10.5. The Labute approximate surface area is 251 Å². The van der Waals surface area contributed by atoms with E-state index in [-0.39, 0.29) is 5.69 Å². The number of ether oxygens (including phenoxy) is 1. The molecule has 0 radical (unpaired) electrons. The van der Waals surface area contributed by atoms with Gasteiger partial charge in [-0.3, -0.25) is 15.1 Å². The predicted molar refractivity (Wildman–Crippen MR) is 166 cm³/mol. The van der Waals surface area contributed by atoms with Crippen molar-refractivity contribution < 1.29 is 9.66 Å². The maximum Gasteiger partial charge on any atom is 0.269 e. The molecule has 2 N–H and O–H groups in total. The van der Waals surface area contributed by atoms with Gasteiger partial charge in [0, 0.05) is 73.7 Å². The quantitative estimate of drug-likeness (QED) is 0.185. The number of thiocarbonyl (C=S) groups is 1. The summed E-state index contributed by atoms with van der Waals surface area (Å²) in [6.45, 7) is 5.17. The summed E-state index contributed by atoms with van der Waals surface area (Å²) in [5.74, 6) is 1.46. The number of non-ortho nitro benzene ring substituents is 1. The lowest BCUT2D eigenvalue weighted by molar-refractivity contribution is -0.384. The van der Waals surface area contributed by atoms with Crippen LogP contribution in [0.3, 0.4) is 0 Å². The van der Waals surface area contributed by atoms with E-state index < -0.39 is 4.92 Å². The first-order chi connectivity index (χ1) is 20.4. The Balaban J connectivity index is 1.17. The Hall–Kier alpha value is -4.40. The van der Waals surface area contributed by atoms with Crippen LogP contribution in [0.1, 0.15) is 0 Å². The maximum atomic E-state index is 11.0. The molecular weight excluding hydrogens is 580 g/mol. The van der Waals surface area contributed by atoms with Gasteiger partial charge >= 0.3 is 0 Å². The second kappa shape index (κ2) is 12.2. The molecule has 4 aromatic rings. The fourth-order valence-electron chi connectivity index (χ4n) is 4.79. The van der Waals surface area contributed by atoms with E-state index >= 15 is 0 Å². The van der Waals surface area contributed by atoms with E-state index in [0.29, 0.717) is 86.1 Å². The molecule has 216 valence electrons. The van der Waals surface area contributed by atoms with E-state index in [1.807, 2.05) is 24.3 Å². The van der Waals surface area contributed by atoms with Gasteiger partial charge in [-0.1, -0.05) is 11.6 Å². The summed E-state index contributed by atoms with van der Waals surface area (Å²) >= 11 is 11.9. The molecule has 2 aromatic carbocycles. The SMILES string of the molecule is O=[N+]([O-])c1ccc(Nc2nc(N3CCOCC3)nc(N3CCN(C(=S)Nc4ccnc5cc(Cl)ccc45)CC3)n2)cc1. The number of rotatable bonds is 6. The standard InChI is InChI=1S/C27H27ClN10O3S/c28-18-1-6-21-22(7-8-29-23(21)17-18)31-27(42)37-11-9-35(10-12-37)25-32-24(30-19-2-4-20(5-3-19)38(39)40)33-26(34-25)36-13-15-41-16-14-36/h1-8,17H,9-16H2,(H,29,31,42)(H,30,32,33,34). The topological polar surface area (TPSA) is 138 Å².